The summed E-state index contributed by atoms with van der Waals surface area (Å²) < 4.78 is 21.8. The highest BCUT2D eigenvalue weighted by Crippen LogP contribution is 2.36. The number of rotatable bonds is 6. The van der Waals surface area contributed by atoms with Crippen LogP contribution in [0.3, 0.4) is 0 Å². The first kappa shape index (κ1) is 17.8. The zero-order valence-electron chi connectivity index (χ0n) is 14.8. The van der Waals surface area contributed by atoms with E-state index in [1.807, 2.05) is 6.07 Å². The summed E-state index contributed by atoms with van der Waals surface area (Å²) in [5.74, 6) is 1.96. The van der Waals surface area contributed by atoms with Crippen molar-refractivity contribution >= 4 is 32.6 Å². The molecule has 0 atom stereocenters. The normalized spacial score (nSPS) is 10.5. The monoisotopic (exact) mass is 374 g/mol. The van der Waals surface area contributed by atoms with Crippen LogP contribution in [0, 0.1) is 0 Å². The molecule has 0 aliphatic rings. The number of amides is 1. The van der Waals surface area contributed by atoms with E-state index in [2.05, 4.69) is 10.3 Å². The second kappa shape index (κ2) is 7.49. The second-order valence-electron chi connectivity index (χ2n) is 5.25. The van der Waals surface area contributed by atoms with Gasteiger partial charge in [-0.3, -0.25) is 10.1 Å². The van der Waals surface area contributed by atoms with Crippen molar-refractivity contribution in [2.75, 3.05) is 33.8 Å². The number of hydrogen-bond acceptors (Lipinski definition) is 7. The molecule has 0 aliphatic carbocycles. The number of carbonyl (C=O) groups excluding carboxylic acids is 1. The molecule has 0 saturated carbocycles. The van der Waals surface area contributed by atoms with Gasteiger partial charge < -0.3 is 18.9 Å². The van der Waals surface area contributed by atoms with Gasteiger partial charge >= 0.3 is 0 Å². The lowest BCUT2D eigenvalue weighted by atomic mass is 10.2. The molecule has 0 spiro atoms. The summed E-state index contributed by atoms with van der Waals surface area (Å²) >= 11 is 1.35. The Morgan fingerprint density at radius 1 is 0.885 bits per heavy atom. The molecule has 8 heteroatoms. The van der Waals surface area contributed by atoms with E-state index < -0.39 is 0 Å². The molecule has 3 rings (SSSR count). The summed E-state index contributed by atoms with van der Waals surface area (Å²) in [6.07, 6.45) is 0. The molecule has 0 aliphatic heterocycles. The van der Waals surface area contributed by atoms with Crippen molar-refractivity contribution in [2.24, 2.45) is 0 Å². The highest BCUT2D eigenvalue weighted by Gasteiger charge is 2.15. The standard InChI is InChI=1S/C18H18N2O5S/c1-22-11-5-10(6-12(7-11)23-2)17(21)20-18-19-13-8-14(24-3)15(25-4)9-16(13)26-18/h5-9H,1-4H3,(H,19,20,21). The topological polar surface area (TPSA) is 78.9 Å². The van der Waals surface area contributed by atoms with Gasteiger partial charge in [0, 0.05) is 23.8 Å². The maximum atomic E-state index is 12.6. The first-order chi connectivity index (χ1) is 12.6. The summed E-state index contributed by atoms with van der Waals surface area (Å²) in [4.78, 5) is 17.0. The van der Waals surface area contributed by atoms with E-state index in [9.17, 15) is 4.79 Å². The van der Waals surface area contributed by atoms with Crippen LogP contribution >= 0.6 is 11.3 Å². The summed E-state index contributed by atoms with van der Waals surface area (Å²) in [6.45, 7) is 0. The Morgan fingerprint density at radius 3 is 2.08 bits per heavy atom. The predicted molar refractivity (Wildman–Crippen MR) is 100 cm³/mol. The lowest BCUT2D eigenvalue weighted by molar-refractivity contribution is 0.102. The highest BCUT2D eigenvalue weighted by molar-refractivity contribution is 7.22. The third-order valence-corrected chi connectivity index (χ3v) is 4.66. The van der Waals surface area contributed by atoms with Crippen LogP contribution in [-0.4, -0.2) is 39.3 Å². The Balaban J connectivity index is 1.90. The number of carbonyl (C=O) groups is 1. The van der Waals surface area contributed by atoms with Crippen LogP contribution in [0.5, 0.6) is 23.0 Å². The lowest BCUT2D eigenvalue weighted by Gasteiger charge is -2.07. The predicted octanol–water partition coefficient (Wildman–Crippen LogP) is 3.58. The molecule has 1 heterocycles. The van der Waals surface area contributed by atoms with Crippen molar-refractivity contribution in [2.45, 2.75) is 0 Å². The zero-order chi connectivity index (χ0) is 18.7. The number of thiazole rings is 1. The van der Waals surface area contributed by atoms with E-state index >= 15 is 0 Å². The molecule has 136 valence electrons. The zero-order valence-corrected chi connectivity index (χ0v) is 15.6. The molecule has 0 fully saturated rings. The van der Waals surface area contributed by atoms with Gasteiger partial charge in [0.05, 0.1) is 38.7 Å². The fourth-order valence-electron chi connectivity index (χ4n) is 2.42. The fourth-order valence-corrected chi connectivity index (χ4v) is 3.29. The molecule has 1 amide bonds. The smallest absolute Gasteiger partial charge is 0.257 e. The fraction of sp³-hybridized carbons (Fsp3) is 0.222. The minimum Gasteiger partial charge on any atom is -0.497 e. The van der Waals surface area contributed by atoms with Crippen molar-refractivity contribution < 1.29 is 23.7 Å². The van der Waals surface area contributed by atoms with Gasteiger partial charge in [-0.25, -0.2) is 4.98 Å². The molecule has 7 nitrogen and oxygen atoms in total. The van der Waals surface area contributed by atoms with E-state index in [1.54, 1.807) is 38.5 Å². The SMILES string of the molecule is COc1cc(OC)cc(C(=O)Nc2nc3cc(OC)c(OC)cc3s2)c1. The number of ether oxygens (including phenoxy) is 4. The number of fused-ring (bicyclic) bond motifs is 1. The largest absolute Gasteiger partial charge is 0.497 e. The molecule has 0 radical (unpaired) electrons. The number of aromatic nitrogens is 1. The van der Waals surface area contributed by atoms with Crippen LogP contribution in [0.25, 0.3) is 10.2 Å². The van der Waals surface area contributed by atoms with Gasteiger partial charge in [-0.2, -0.15) is 0 Å². The molecule has 1 N–H and O–H groups in total. The summed E-state index contributed by atoms with van der Waals surface area (Å²) in [7, 11) is 6.20. The maximum absolute atomic E-state index is 12.6. The lowest BCUT2D eigenvalue weighted by Crippen LogP contribution is -2.12. The first-order valence-electron chi connectivity index (χ1n) is 7.65. The van der Waals surface area contributed by atoms with Gasteiger partial charge in [0.25, 0.3) is 5.91 Å². The molecular weight excluding hydrogens is 356 g/mol. The van der Waals surface area contributed by atoms with Gasteiger partial charge in [-0.15, -0.1) is 0 Å². The van der Waals surface area contributed by atoms with Gasteiger partial charge in [0.2, 0.25) is 0 Å². The van der Waals surface area contributed by atoms with Crippen molar-refractivity contribution in [3.63, 3.8) is 0 Å². The Morgan fingerprint density at radius 2 is 1.50 bits per heavy atom. The second-order valence-corrected chi connectivity index (χ2v) is 6.28. The van der Waals surface area contributed by atoms with Gasteiger partial charge in [-0.1, -0.05) is 11.3 Å². The third-order valence-electron chi connectivity index (χ3n) is 3.73. The van der Waals surface area contributed by atoms with E-state index in [4.69, 9.17) is 18.9 Å². The van der Waals surface area contributed by atoms with Crippen LogP contribution in [-0.2, 0) is 0 Å². The minimum atomic E-state index is -0.305. The molecular formula is C18H18N2O5S. The molecule has 0 saturated heterocycles. The first-order valence-corrected chi connectivity index (χ1v) is 8.46. The van der Waals surface area contributed by atoms with Crippen molar-refractivity contribution in [3.8, 4) is 23.0 Å². The van der Waals surface area contributed by atoms with E-state index in [0.29, 0.717) is 39.2 Å². The van der Waals surface area contributed by atoms with Crippen LogP contribution in [0.2, 0.25) is 0 Å². The van der Waals surface area contributed by atoms with Crippen LogP contribution in [0.1, 0.15) is 10.4 Å². The van der Waals surface area contributed by atoms with Gasteiger partial charge in [0.1, 0.15) is 11.5 Å². The van der Waals surface area contributed by atoms with Crippen molar-refractivity contribution in [1.82, 2.24) is 4.98 Å². The van der Waals surface area contributed by atoms with Gasteiger partial charge in [-0.05, 0) is 12.1 Å². The number of nitrogens with zero attached hydrogens (tertiary/aromatic N) is 1. The number of anilines is 1. The van der Waals surface area contributed by atoms with Crippen LogP contribution in [0.15, 0.2) is 30.3 Å². The Hall–Kier alpha value is -3.00. The van der Waals surface area contributed by atoms with Crippen molar-refractivity contribution in [1.29, 1.82) is 0 Å². The van der Waals surface area contributed by atoms with E-state index in [0.717, 1.165) is 4.70 Å². The van der Waals surface area contributed by atoms with Crippen molar-refractivity contribution in [3.05, 3.63) is 35.9 Å². The summed E-state index contributed by atoms with van der Waals surface area (Å²) in [5.41, 5.74) is 1.13. The number of hydrogen-bond donors (Lipinski definition) is 1. The molecule has 3 aromatic rings. The number of nitrogens with one attached hydrogen (secondary N) is 1. The van der Waals surface area contributed by atoms with Crippen LogP contribution in [0.4, 0.5) is 5.13 Å². The van der Waals surface area contributed by atoms with Crippen LogP contribution < -0.4 is 24.3 Å². The maximum Gasteiger partial charge on any atom is 0.257 e. The molecule has 0 bridgehead atoms. The summed E-state index contributed by atoms with van der Waals surface area (Å²) in [6, 6.07) is 8.58. The Kier molecular flexibility index (Phi) is 5.13. The molecule has 1 aromatic heterocycles. The van der Waals surface area contributed by atoms with E-state index in [1.165, 1.54) is 25.6 Å². The quantitative estimate of drug-likeness (QED) is 0.710. The highest BCUT2D eigenvalue weighted by atomic mass is 32.1. The minimum absolute atomic E-state index is 0.305. The Labute approximate surface area is 154 Å². The van der Waals surface area contributed by atoms with E-state index in [-0.39, 0.29) is 5.91 Å². The average molecular weight is 374 g/mol. The number of benzene rings is 2. The Bertz CT molecular complexity index is 891. The summed E-state index contributed by atoms with van der Waals surface area (Å²) in [5, 5.41) is 3.28. The molecule has 26 heavy (non-hydrogen) atoms. The van der Waals surface area contributed by atoms with Gasteiger partial charge in [0.15, 0.2) is 16.6 Å². The number of methoxy groups -OCH3 is 4. The third kappa shape index (κ3) is 3.50. The molecule has 2 aromatic carbocycles. The average Bonchev–Trinajstić information content (AvgIpc) is 3.07. The molecule has 0 unspecified atom stereocenters.